The van der Waals surface area contributed by atoms with Gasteiger partial charge in [0.1, 0.15) is 13.2 Å². The lowest BCUT2D eigenvalue weighted by Gasteiger charge is -2.25. The fourth-order valence-electron chi connectivity index (χ4n) is 4.31. The highest BCUT2D eigenvalue weighted by Crippen LogP contribution is 2.45. The number of hydrogen-bond acceptors (Lipinski definition) is 8. The van der Waals surface area contributed by atoms with E-state index in [1.54, 1.807) is 0 Å². The number of esters is 2. The van der Waals surface area contributed by atoms with E-state index >= 15 is 0 Å². The van der Waals surface area contributed by atoms with Gasteiger partial charge in [0.25, 0.3) is 0 Å². The number of hydrogen-bond donors (Lipinski definition) is 2. The number of benzene rings is 2. The first-order chi connectivity index (χ1) is 15.7. The largest absolute Gasteiger partial charge is 0.456 e. The maximum absolute atomic E-state index is 12.6. The average molecular weight is 443 g/mol. The number of carbonyl (C=O) groups excluding carboxylic acids is 2. The fourth-order valence-corrected chi connectivity index (χ4v) is 5.04. The quantitative estimate of drug-likeness (QED) is 0.592. The fraction of sp³-hybridized carbons (Fsp3) is 0.125. The molecular formula is C24H17N3O4S. The lowest BCUT2D eigenvalue weighted by molar-refractivity contribution is -0.136. The molecule has 7 nitrogen and oxygen atoms in total. The van der Waals surface area contributed by atoms with Crippen LogP contribution < -0.4 is 10.6 Å². The van der Waals surface area contributed by atoms with Crippen LogP contribution in [0.25, 0.3) is 11.3 Å². The SMILES string of the molecule is O=C1OCC2=C1C(c1ccccc1Nc1nc(-c3ccccc3)cs1)C1=C(COC1=O)N2. The molecule has 0 atom stereocenters. The summed E-state index contributed by atoms with van der Waals surface area (Å²) in [4.78, 5) is 29.9. The zero-order valence-corrected chi connectivity index (χ0v) is 17.6. The molecule has 3 aliphatic heterocycles. The van der Waals surface area contributed by atoms with Gasteiger partial charge in [-0.25, -0.2) is 14.6 Å². The summed E-state index contributed by atoms with van der Waals surface area (Å²) >= 11 is 1.49. The molecule has 158 valence electrons. The van der Waals surface area contributed by atoms with Gasteiger partial charge >= 0.3 is 11.9 Å². The molecule has 0 bridgehead atoms. The van der Waals surface area contributed by atoms with Gasteiger partial charge < -0.3 is 20.1 Å². The Hall–Kier alpha value is -3.91. The molecule has 3 aromatic rings. The van der Waals surface area contributed by atoms with Crippen molar-refractivity contribution in [2.24, 2.45) is 0 Å². The van der Waals surface area contributed by atoms with E-state index in [-0.39, 0.29) is 13.2 Å². The van der Waals surface area contributed by atoms with Crippen molar-refractivity contribution in [3.8, 4) is 11.3 Å². The Kier molecular flexibility index (Phi) is 4.32. The Bertz CT molecular complexity index is 1290. The van der Waals surface area contributed by atoms with Crippen LogP contribution in [0.3, 0.4) is 0 Å². The Labute approximate surface area is 187 Å². The summed E-state index contributed by atoms with van der Waals surface area (Å²) in [5.41, 5.74) is 5.78. The molecule has 0 aliphatic carbocycles. The number of nitrogens with zero attached hydrogens (tertiary/aromatic N) is 1. The van der Waals surface area contributed by atoms with Crippen LogP contribution in [0, 0.1) is 0 Å². The van der Waals surface area contributed by atoms with E-state index < -0.39 is 17.9 Å². The van der Waals surface area contributed by atoms with Crippen molar-refractivity contribution in [2.45, 2.75) is 5.92 Å². The Morgan fingerprint density at radius 2 is 1.56 bits per heavy atom. The maximum Gasteiger partial charge on any atom is 0.337 e. The molecule has 2 aromatic carbocycles. The van der Waals surface area contributed by atoms with Crippen molar-refractivity contribution in [1.82, 2.24) is 10.3 Å². The highest BCUT2D eigenvalue weighted by Gasteiger charge is 2.45. The van der Waals surface area contributed by atoms with Gasteiger partial charge in [-0.1, -0.05) is 48.5 Å². The average Bonchev–Trinajstić information content (AvgIpc) is 3.54. The first kappa shape index (κ1) is 18.8. The topological polar surface area (TPSA) is 89.6 Å². The van der Waals surface area contributed by atoms with Gasteiger partial charge in [0, 0.05) is 16.6 Å². The number of cyclic esters (lactones) is 2. The highest BCUT2D eigenvalue weighted by atomic mass is 32.1. The van der Waals surface area contributed by atoms with Gasteiger partial charge in [0.15, 0.2) is 5.13 Å². The van der Waals surface area contributed by atoms with Gasteiger partial charge in [-0.2, -0.15) is 0 Å². The predicted octanol–water partition coefficient (Wildman–Crippen LogP) is 3.86. The van der Waals surface area contributed by atoms with Crippen molar-refractivity contribution in [1.29, 1.82) is 0 Å². The third kappa shape index (κ3) is 2.99. The molecular weight excluding hydrogens is 426 g/mol. The van der Waals surface area contributed by atoms with Crippen LogP contribution in [0.4, 0.5) is 10.8 Å². The molecule has 1 aromatic heterocycles. The third-order valence-electron chi connectivity index (χ3n) is 5.75. The molecule has 8 heteroatoms. The Balaban J connectivity index is 1.40. The van der Waals surface area contributed by atoms with E-state index in [1.165, 1.54) is 11.3 Å². The van der Waals surface area contributed by atoms with Crippen molar-refractivity contribution in [3.05, 3.63) is 88.1 Å². The standard InChI is InChI=1S/C24H17N3O4S/c28-22-20-16(10-30-22)25-17-11-31-23(29)21(17)19(20)14-8-4-5-9-15(14)26-24-27-18(12-32-24)13-6-2-1-3-7-13/h1-9,12,19,25H,10-11H2,(H,26,27). The van der Waals surface area contributed by atoms with E-state index in [2.05, 4.69) is 10.6 Å². The van der Waals surface area contributed by atoms with Crippen LogP contribution in [-0.2, 0) is 19.1 Å². The number of nitrogens with one attached hydrogen (secondary N) is 2. The van der Waals surface area contributed by atoms with Crippen LogP contribution >= 0.6 is 11.3 Å². The molecule has 0 amide bonds. The Morgan fingerprint density at radius 1 is 0.906 bits per heavy atom. The Morgan fingerprint density at radius 3 is 2.28 bits per heavy atom. The zero-order valence-electron chi connectivity index (χ0n) is 16.8. The summed E-state index contributed by atoms with van der Waals surface area (Å²) in [5.74, 6) is -1.40. The molecule has 3 aliphatic rings. The number of rotatable bonds is 4. The molecule has 0 unspecified atom stereocenters. The molecule has 0 fully saturated rings. The normalized spacial score (nSPS) is 17.6. The van der Waals surface area contributed by atoms with E-state index in [1.807, 2.05) is 60.0 Å². The van der Waals surface area contributed by atoms with Gasteiger partial charge in [0.2, 0.25) is 0 Å². The van der Waals surface area contributed by atoms with E-state index in [0.29, 0.717) is 22.5 Å². The molecule has 6 rings (SSSR count). The van der Waals surface area contributed by atoms with Crippen LogP contribution in [0.15, 0.2) is 82.5 Å². The van der Waals surface area contributed by atoms with E-state index in [0.717, 1.165) is 27.6 Å². The van der Waals surface area contributed by atoms with Gasteiger partial charge in [-0.15, -0.1) is 11.3 Å². The minimum absolute atomic E-state index is 0.165. The van der Waals surface area contributed by atoms with E-state index in [9.17, 15) is 9.59 Å². The molecule has 4 heterocycles. The zero-order chi connectivity index (χ0) is 21.7. The number of carbonyl (C=O) groups is 2. The summed E-state index contributed by atoms with van der Waals surface area (Å²) in [6.07, 6.45) is 0. The number of dihydropyridines is 1. The number of anilines is 2. The summed E-state index contributed by atoms with van der Waals surface area (Å²) in [6, 6.07) is 17.6. The van der Waals surface area contributed by atoms with E-state index in [4.69, 9.17) is 14.5 Å². The predicted molar refractivity (Wildman–Crippen MR) is 119 cm³/mol. The minimum Gasteiger partial charge on any atom is -0.456 e. The van der Waals surface area contributed by atoms with Gasteiger partial charge in [-0.05, 0) is 11.6 Å². The lowest BCUT2D eigenvalue weighted by Crippen LogP contribution is -2.27. The second kappa shape index (κ2) is 7.35. The molecule has 0 saturated heterocycles. The van der Waals surface area contributed by atoms with Crippen LogP contribution in [0.1, 0.15) is 11.5 Å². The van der Waals surface area contributed by atoms with Crippen LogP contribution in [-0.4, -0.2) is 30.1 Å². The van der Waals surface area contributed by atoms with Gasteiger partial charge in [-0.3, -0.25) is 0 Å². The van der Waals surface area contributed by atoms with Crippen molar-refractivity contribution < 1.29 is 19.1 Å². The molecule has 2 N–H and O–H groups in total. The third-order valence-corrected chi connectivity index (χ3v) is 6.51. The summed E-state index contributed by atoms with van der Waals surface area (Å²) in [7, 11) is 0. The minimum atomic E-state index is -0.566. The lowest BCUT2D eigenvalue weighted by atomic mass is 9.80. The van der Waals surface area contributed by atoms with Gasteiger partial charge in [0.05, 0.1) is 34.2 Å². The second-order valence-electron chi connectivity index (χ2n) is 7.61. The summed E-state index contributed by atoms with van der Waals surface area (Å²) < 4.78 is 10.6. The second-order valence-corrected chi connectivity index (χ2v) is 8.47. The van der Waals surface area contributed by atoms with Crippen molar-refractivity contribution in [2.75, 3.05) is 18.5 Å². The monoisotopic (exact) mass is 443 g/mol. The smallest absolute Gasteiger partial charge is 0.337 e. The first-order valence-electron chi connectivity index (χ1n) is 10.1. The molecule has 0 radical (unpaired) electrons. The highest BCUT2D eigenvalue weighted by molar-refractivity contribution is 7.14. The number of thiazole rings is 1. The van der Waals surface area contributed by atoms with Crippen LogP contribution in [0.5, 0.6) is 0 Å². The first-order valence-corrected chi connectivity index (χ1v) is 11.0. The molecule has 32 heavy (non-hydrogen) atoms. The molecule has 0 spiro atoms. The van der Waals surface area contributed by atoms with Crippen molar-refractivity contribution in [3.63, 3.8) is 0 Å². The number of aromatic nitrogens is 1. The number of ether oxygens (including phenoxy) is 2. The summed E-state index contributed by atoms with van der Waals surface area (Å²) in [5, 5.41) is 9.27. The summed E-state index contributed by atoms with van der Waals surface area (Å²) in [6.45, 7) is 0.330. The van der Waals surface area contributed by atoms with Crippen molar-refractivity contribution >= 4 is 34.1 Å². The van der Waals surface area contributed by atoms with Crippen LogP contribution in [0.2, 0.25) is 0 Å². The maximum atomic E-state index is 12.6. The number of para-hydroxylation sites is 1. The molecule has 0 saturated carbocycles.